The summed E-state index contributed by atoms with van der Waals surface area (Å²) in [6, 6.07) is 7.71. The minimum Gasteiger partial charge on any atom is -0.481 e. The molecule has 1 amide bonds. The molecule has 0 saturated heterocycles. The van der Waals surface area contributed by atoms with E-state index in [-0.39, 0.29) is 5.91 Å². The molecule has 0 aliphatic heterocycles. The molecule has 112 valence electrons. The highest BCUT2D eigenvalue weighted by Crippen LogP contribution is 2.28. The normalized spacial score (nSPS) is 21.0. The third kappa shape index (κ3) is 3.73. The fourth-order valence-electron chi connectivity index (χ4n) is 2.60. The monoisotopic (exact) mass is 351 g/mol. The molecule has 2 atom stereocenters. The van der Waals surface area contributed by atoms with E-state index in [2.05, 4.69) is 15.9 Å². The van der Waals surface area contributed by atoms with Gasteiger partial charge in [-0.1, -0.05) is 46.3 Å². The second-order valence-corrected chi connectivity index (χ2v) is 6.13. The smallest absolute Gasteiger partial charge is 0.307 e. The van der Waals surface area contributed by atoms with Gasteiger partial charge in [0.15, 0.2) is 0 Å². The van der Waals surface area contributed by atoms with E-state index in [1.165, 1.54) is 0 Å². The minimum absolute atomic E-state index is 0.109. The standard InChI is InChI=1S/C16H18BrNO3/c1-18(10-11-6-2-5-9-14(11)17)15(19)12-7-3-4-8-13(12)16(20)21/h2-6,9,12-13H,7-8,10H2,1H3,(H,20,21). The van der Waals surface area contributed by atoms with Crippen molar-refractivity contribution in [3.8, 4) is 0 Å². The Labute approximate surface area is 132 Å². The number of carboxylic acids is 1. The molecule has 1 aromatic rings. The van der Waals surface area contributed by atoms with Gasteiger partial charge < -0.3 is 10.0 Å². The molecule has 1 aromatic carbocycles. The van der Waals surface area contributed by atoms with E-state index in [1.807, 2.05) is 36.4 Å². The zero-order chi connectivity index (χ0) is 15.4. The van der Waals surface area contributed by atoms with Gasteiger partial charge in [0.05, 0.1) is 11.8 Å². The lowest BCUT2D eigenvalue weighted by molar-refractivity contribution is -0.150. The fourth-order valence-corrected chi connectivity index (χ4v) is 3.01. The van der Waals surface area contributed by atoms with E-state index in [1.54, 1.807) is 11.9 Å². The molecule has 0 bridgehead atoms. The molecule has 1 N–H and O–H groups in total. The van der Waals surface area contributed by atoms with Crippen molar-refractivity contribution >= 4 is 27.8 Å². The molecule has 21 heavy (non-hydrogen) atoms. The summed E-state index contributed by atoms with van der Waals surface area (Å²) < 4.78 is 0.947. The molecule has 0 fully saturated rings. The van der Waals surface area contributed by atoms with E-state index in [9.17, 15) is 14.7 Å². The number of benzene rings is 1. The largest absolute Gasteiger partial charge is 0.481 e. The molecule has 2 unspecified atom stereocenters. The van der Waals surface area contributed by atoms with Crippen LogP contribution < -0.4 is 0 Å². The predicted molar refractivity (Wildman–Crippen MR) is 83.6 cm³/mol. The molecule has 4 nitrogen and oxygen atoms in total. The van der Waals surface area contributed by atoms with Crippen LogP contribution in [0.5, 0.6) is 0 Å². The van der Waals surface area contributed by atoms with E-state index in [4.69, 9.17) is 0 Å². The van der Waals surface area contributed by atoms with Crippen LogP contribution in [0.4, 0.5) is 0 Å². The maximum Gasteiger partial charge on any atom is 0.307 e. The van der Waals surface area contributed by atoms with Crippen LogP contribution in [0.3, 0.4) is 0 Å². The van der Waals surface area contributed by atoms with Gasteiger partial charge in [-0.05, 0) is 24.5 Å². The lowest BCUT2D eigenvalue weighted by atomic mass is 9.82. The zero-order valence-corrected chi connectivity index (χ0v) is 13.4. The molecule has 0 heterocycles. The van der Waals surface area contributed by atoms with Crippen molar-refractivity contribution in [1.29, 1.82) is 0 Å². The first-order valence-corrected chi connectivity index (χ1v) is 7.66. The number of halogens is 1. The third-order valence-electron chi connectivity index (χ3n) is 3.81. The number of allylic oxidation sites excluding steroid dienone is 2. The Morgan fingerprint density at radius 2 is 1.86 bits per heavy atom. The van der Waals surface area contributed by atoms with Crippen molar-refractivity contribution in [3.63, 3.8) is 0 Å². The van der Waals surface area contributed by atoms with Crippen molar-refractivity contribution in [3.05, 3.63) is 46.5 Å². The number of hydrogen-bond donors (Lipinski definition) is 1. The fraction of sp³-hybridized carbons (Fsp3) is 0.375. The summed E-state index contributed by atoms with van der Waals surface area (Å²) in [5, 5.41) is 9.26. The van der Waals surface area contributed by atoms with Gasteiger partial charge in [-0.15, -0.1) is 0 Å². The van der Waals surface area contributed by atoms with Crippen LogP contribution in [0, 0.1) is 11.8 Å². The van der Waals surface area contributed by atoms with Gasteiger partial charge in [-0.2, -0.15) is 0 Å². The minimum atomic E-state index is -0.896. The molecule has 0 spiro atoms. The lowest BCUT2D eigenvalue weighted by Crippen LogP contribution is -2.39. The summed E-state index contributed by atoms with van der Waals surface area (Å²) in [5.41, 5.74) is 1.01. The van der Waals surface area contributed by atoms with Crippen LogP contribution >= 0.6 is 15.9 Å². The van der Waals surface area contributed by atoms with Crippen molar-refractivity contribution < 1.29 is 14.7 Å². The number of hydrogen-bond acceptors (Lipinski definition) is 2. The molecule has 1 aliphatic carbocycles. The van der Waals surface area contributed by atoms with Gasteiger partial charge in [-0.25, -0.2) is 0 Å². The zero-order valence-electron chi connectivity index (χ0n) is 11.8. The van der Waals surface area contributed by atoms with Crippen LogP contribution in [0.2, 0.25) is 0 Å². The van der Waals surface area contributed by atoms with Crippen LogP contribution in [-0.2, 0) is 16.1 Å². The number of carbonyl (C=O) groups excluding carboxylic acids is 1. The first-order valence-electron chi connectivity index (χ1n) is 6.87. The van der Waals surface area contributed by atoms with Crippen molar-refractivity contribution in [2.75, 3.05) is 7.05 Å². The second-order valence-electron chi connectivity index (χ2n) is 5.28. The molecule has 0 aromatic heterocycles. The molecule has 5 heteroatoms. The van der Waals surface area contributed by atoms with Gasteiger partial charge in [0.25, 0.3) is 0 Å². The SMILES string of the molecule is CN(Cc1ccccc1Br)C(=O)C1CC=CCC1C(=O)O. The molecule has 0 saturated carbocycles. The van der Waals surface area contributed by atoms with Crippen molar-refractivity contribution in [1.82, 2.24) is 4.90 Å². The molecular weight excluding hydrogens is 334 g/mol. The van der Waals surface area contributed by atoms with Gasteiger partial charge >= 0.3 is 5.97 Å². The first-order chi connectivity index (χ1) is 10.0. The maximum atomic E-state index is 12.5. The summed E-state index contributed by atoms with van der Waals surface area (Å²) in [7, 11) is 1.72. The summed E-state index contributed by atoms with van der Waals surface area (Å²) in [4.78, 5) is 25.4. The lowest BCUT2D eigenvalue weighted by Gasteiger charge is -2.29. The number of rotatable bonds is 4. The summed E-state index contributed by atoms with van der Waals surface area (Å²) in [6.45, 7) is 0.465. The summed E-state index contributed by atoms with van der Waals surface area (Å²) in [5.74, 6) is -2.10. The molecular formula is C16H18BrNO3. The first kappa shape index (κ1) is 15.8. The van der Waals surface area contributed by atoms with Crippen LogP contribution in [0.25, 0.3) is 0 Å². The number of carboxylic acid groups (broad SMARTS) is 1. The Hall–Kier alpha value is -1.62. The Bertz CT molecular complexity index is 570. The van der Waals surface area contributed by atoms with E-state index < -0.39 is 17.8 Å². The average molecular weight is 352 g/mol. The van der Waals surface area contributed by atoms with E-state index >= 15 is 0 Å². The average Bonchev–Trinajstić information content (AvgIpc) is 2.48. The van der Waals surface area contributed by atoms with Gasteiger partial charge in [-0.3, -0.25) is 9.59 Å². The maximum absolute atomic E-state index is 12.5. The van der Waals surface area contributed by atoms with Crippen LogP contribution in [0.1, 0.15) is 18.4 Å². The number of aliphatic carboxylic acids is 1. The highest BCUT2D eigenvalue weighted by molar-refractivity contribution is 9.10. The Morgan fingerprint density at radius 3 is 2.48 bits per heavy atom. The number of nitrogens with zero attached hydrogens (tertiary/aromatic N) is 1. The van der Waals surface area contributed by atoms with Crippen LogP contribution in [0.15, 0.2) is 40.9 Å². The van der Waals surface area contributed by atoms with Crippen molar-refractivity contribution in [2.24, 2.45) is 11.8 Å². The molecule has 1 aliphatic rings. The quantitative estimate of drug-likeness (QED) is 0.848. The molecule has 0 radical (unpaired) electrons. The highest BCUT2D eigenvalue weighted by atomic mass is 79.9. The van der Waals surface area contributed by atoms with E-state index in [0.717, 1.165) is 10.0 Å². The van der Waals surface area contributed by atoms with Gasteiger partial charge in [0.2, 0.25) is 5.91 Å². The van der Waals surface area contributed by atoms with Crippen LogP contribution in [-0.4, -0.2) is 28.9 Å². The third-order valence-corrected chi connectivity index (χ3v) is 4.58. The Kier molecular flexibility index (Phi) is 5.17. The van der Waals surface area contributed by atoms with Gasteiger partial charge in [0, 0.05) is 18.1 Å². The number of amides is 1. The van der Waals surface area contributed by atoms with E-state index in [0.29, 0.717) is 19.4 Å². The number of carbonyl (C=O) groups is 2. The topological polar surface area (TPSA) is 57.6 Å². The Morgan fingerprint density at radius 1 is 1.24 bits per heavy atom. The highest BCUT2D eigenvalue weighted by Gasteiger charge is 2.35. The summed E-state index contributed by atoms with van der Waals surface area (Å²) in [6.07, 6.45) is 4.66. The predicted octanol–water partition coefficient (Wildman–Crippen LogP) is 3.07. The molecule has 2 rings (SSSR count). The summed E-state index contributed by atoms with van der Waals surface area (Å²) >= 11 is 3.46. The van der Waals surface area contributed by atoms with Gasteiger partial charge in [0.1, 0.15) is 0 Å². The van der Waals surface area contributed by atoms with Crippen molar-refractivity contribution in [2.45, 2.75) is 19.4 Å². The second kappa shape index (κ2) is 6.89. The Balaban J connectivity index is 2.10.